The minimum Gasteiger partial charge on any atom is -0.291 e. The van der Waals surface area contributed by atoms with Crippen molar-refractivity contribution in [2.75, 3.05) is 0 Å². The second-order valence-electron chi connectivity index (χ2n) is 9.77. The lowest BCUT2D eigenvalue weighted by Crippen LogP contribution is -2.13. The van der Waals surface area contributed by atoms with Gasteiger partial charge in [0.2, 0.25) is 0 Å². The third-order valence-corrected chi connectivity index (χ3v) is 6.58. The quantitative estimate of drug-likeness (QED) is 0.0998. The van der Waals surface area contributed by atoms with Crippen LogP contribution in [0.1, 0.15) is 174 Å². The molecule has 0 atom stereocenters. The normalized spacial score (nSPS) is 11.2. The second-order valence-corrected chi connectivity index (χ2v) is 9.77. The van der Waals surface area contributed by atoms with Crippen LogP contribution in [0.25, 0.3) is 0 Å². The van der Waals surface area contributed by atoms with Crippen molar-refractivity contribution in [3.8, 4) is 0 Å². The van der Waals surface area contributed by atoms with Crippen LogP contribution in [0.2, 0.25) is 0 Å². The Balaban J connectivity index is 3.29. The highest BCUT2D eigenvalue weighted by Crippen LogP contribution is 2.14. The molecule has 0 N–H and O–H groups in total. The van der Waals surface area contributed by atoms with E-state index >= 15 is 0 Å². The molecule has 0 aromatic rings. The first-order valence-corrected chi connectivity index (χ1v) is 14.3. The number of carbonyl (C=O) groups excluding carboxylic acids is 2. The minimum absolute atomic E-state index is 0.112. The Morgan fingerprint density at radius 2 is 0.516 bits per heavy atom. The molecular weight excluding hydrogens is 380 g/mol. The van der Waals surface area contributed by atoms with E-state index in [1.54, 1.807) is 0 Å². The third kappa shape index (κ3) is 23.8. The maximum atomic E-state index is 12.0. The molecule has 2 nitrogen and oxygen atoms in total. The van der Waals surface area contributed by atoms with Crippen LogP contribution in [0.4, 0.5) is 0 Å². The van der Waals surface area contributed by atoms with Gasteiger partial charge in [0.25, 0.3) is 0 Å². The van der Waals surface area contributed by atoms with Crippen LogP contribution in [0.3, 0.4) is 0 Å². The molecule has 0 unspecified atom stereocenters. The van der Waals surface area contributed by atoms with E-state index in [0.717, 1.165) is 25.7 Å². The molecule has 0 radical (unpaired) electrons. The molecule has 0 aliphatic heterocycles. The molecular formula is C29H56O2. The van der Waals surface area contributed by atoms with Gasteiger partial charge in [0.05, 0.1) is 0 Å². The Morgan fingerprint density at radius 3 is 0.742 bits per heavy atom. The molecule has 0 saturated carbocycles. The van der Waals surface area contributed by atoms with Crippen LogP contribution in [0.5, 0.6) is 0 Å². The summed E-state index contributed by atoms with van der Waals surface area (Å²) >= 11 is 0. The number of carbonyl (C=O) groups is 2. The Bertz CT molecular complexity index is 388. The van der Waals surface area contributed by atoms with Crippen molar-refractivity contribution in [3.63, 3.8) is 0 Å². The molecule has 184 valence electrons. The highest BCUT2D eigenvalue weighted by Gasteiger charge is 2.12. The summed E-state index contributed by atoms with van der Waals surface area (Å²) in [4.78, 5) is 23.9. The summed E-state index contributed by atoms with van der Waals surface area (Å²) in [5, 5.41) is 0. The zero-order valence-corrected chi connectivity index (χ0v) is 21.5. The van der Waals surface area contributed by atoms with Crippen LogP contribution in [0, 0.1) is 0 Å². The van der Waals surface area contributed by atoms with Crippen molar-refractivity contribution in [1.29, 1.82) is 0 Å². The number of unbranched alkanes of at least 4 members (excludes halogenated alkanes) is 21. The molecule has 2 heteroatoms. The third-order valence-electron chi connectivity index (χ3n) is 6.58. The van der Waals surface area contributed by atoms with Crippen LogP contribution in [-0.2, 0) is 9.59 Å². The monoisotopic (exact) mass is 436 g/mol. The summed E-state index contributed by atoms with van der Waals surface area (Å²) < 4.78 is 0. The molecule has 0 saturated heterocycles. The number of Topliss-reactive ketones (excluding diaryl/α,β-unsaturated/α-hetero) is 2. The first-order valence-electron chi connectivity index (χ1n) is 14.3. The van der Waals surface area contributed by atoms with Gasteiger partial charge in [-0.05, 0) is 12.8 Å². The molecule has 31 heavy (non-hydrogen) atoms. The summed E-state index contributed by atoms with van der Waals surface area (Å²) in [5.41, 5.74) is 0. The molecule has 0 heterocycles. The van der Waals surface area contributed by atoms with E-state index in [4.69, 9.17) is 0 Å². The maximum Gasteiger partial charge on any atom is 0.198 e. The lowest BCUT2D eigenvalue weighted by molar-refractivity contribution is -0.136. The molecule has 0 aromatic carbocycles. The first kappa shape index (κ1) is 30.3. The molecule has 0 aromatic heterocycles. The van der Waals surface area contributed by atoms with Crippen molar-refractivity contribution >= 4 is 11.6 Å². The fourth-order valence-corrected chi connectivity index (χ4v) is 4.36. The van der Waals surface area contributed by atoms with E-state index in [1.165, 1.54) is 122 Å². The molecule has 0 fully saturated rings. The predicted octanol–water partition coefficient (Wildman–Crippen LogP) is 9.92. The van der Waals surface area contributed by atoms with Crippen LogP contribution in [-0.4, -0.2) is 11.6 Å². The number of hydrogen-bond acceptors (Lipinski definition) is 2. The van der Waals surface area contributed by atoms with Gasteiger partial charge < -0.3 is 0 Å². The standard InChI is InChI=1S/C29H56O2/c1-3-5-7-9-11-13-14-15-16-17-19-21-23-25-27-29(31)28(30)26-24-22-20-18-12-10-8-6-4-2/h3-27H2,1-2H3. The topological polar surface area (TPSA) is 34.1 Å². The predicted molar refractivity (Wildman–Crippen MR) is 137 cm³/mol. The van der Waals surface area contributed by atoms with Gasteiger partial charge in [-0.2, -0.15) is 0 Å². The smallest absolute Gasteiger partial charge is 0.198 e. The number of rotatable bonds is 26. The Kier molecular flexibility index (Phi) is 25.1. The first-order chi connectivity index (χ1) is 15.2. The van der Waals surface area contributed by atoms with Crippen molar-refractivity contribution in [3.05, 3.63) is 0 Å². The van der Waals surface area contributed by atoms with Gasteiger partial charge >= 0.3 is 0 Å². The number of hydrogen-bond donors (Lipinski definition) is 0. The fourth-order valence-electron chi connectivity index (χ4n) is 4.36. The number of ketones is 2. The van der Waals surface area contributed by atoms with Gasteiger partial charge in [-0.15, -0.1) is 0 Å². The van der Waals surface area contributed by atoms with Gasteiger partial charge in [-0.3, -0.25) is 9.59 Å². The van der Waals surface area contributed by atoms with Gasteiger partial charge in [-0.25, -0.2) is 0 Å². The molecule has 0 aliphatic carbocycles. The summed E-state index contributed by atoms with van der Waals surface area (Å²) in [6.45, 7) is 4.52. The summed E-state index contributed by atoms with van der Waals surface area (Å²) in [6.07, 6.45) is 30.6. The molecule has 0 amide bonds. The largest absolute Gasteiger partial charge is 0.291 e. The molecule has 0 rings (SSSR count). The van der Waals surface area contributed by atoms with Crippen molar-refractivity contribution < 1.29 is 9.59 Å². The van der Waals surface area contributed by atoms with Gasteiger partial charge in [-0.1, -0.05) is 149 Å². The van der Waals surface area contributed by atoms with Crippen LogP contribution < -0.4 is 0 Å². The second kappa shape index (κ2) is 25.6. The molecule has 0 spiro atoms. The van der Waals surface area contributed by atoms with Crippen LogP contribution >= 0.6 is 0 Å². The lowest BCUT2D eigenvalue weighted by atomic mass is 10.0. The van der Waals surface area contributed by atoms with E-state index in [1.807, 2.05) is 0 Å². The van der Waals surface area contributed by atoms with E-state index in [2.05, 4.69) is 13.8 Å². The Labute approximate surface area is 195 Å². The maximum absolute atomic E-state index is 12.0. The van der Waals surface area contributed by atoms with Crippen molar-refractivity contribution in [2.45, 2.75) is 174 Å². The van der Waals surface area contributed by atoms with Crippen LogP contribution in [0.15, 0.2) is 0 Å². The van der Waals surface area contributed by atoms with Crippen molar-refractivity contribution in [2.24, 2.45) is 0 Å². The SMILES string of the molecule is CCCCCCCCCCCCCCCCC(=O)C(=O)CCCCCCCCCCC. The van der Waals surface area contributed by atoms with Gasteiger partial charge in [0, 0.05) is 12.8 Å². The Morgan fingerprint density at radius 1 is 0.323 bits per heavy atom. The highest BCUT2D eigenvalue weighted by molar-refractivity contribution is 6.37. The average molecular weight is 437 g/mol. The van der Waals surface area contributed by atoms with Crippen molar-refractivity contribution in [1.82, 2.24) is 0 Å². The molecule has 0 bridgehead atoms. The zero-order valence-electron chi connectivity index (χ0n) is 21.5. The van der Waals surface area contributed by atoms with E-state index in [0.29, 0.717) is 12.8 Å². The average Bonchev–Trinajstić information content (AvgIpc) is 2.77. The molecule has 0 aliphatic rings. The fraction of sp³-hybridized carbons (Fsp3) is 0.931. The van der Waals surface area contributed by atoms with Gasteiger partial charge in [0.1, 0.15) is 0 Å². The van der Waals surface area contributed by atoms with E-state index in [9.17, 15) is 9.59 Å². The van der Waals surface area contributed by atoms with Gasteiger partial charge in [0.15, 0.2) is 11.6 Å². The summed E-state index contributed by atoms with van der Waals surface area (Å²) in [5.74, 6) is -0.226. The minimum atomic E-state index is -0.113. The zero-order chi connectivity index (χ0) is 22.8. The Hall–Kier alpha value is -0.660. The lowest BCUT2D eigenvalue weighted by Gasteiger charge is -2.04. The summed E-state index contributed by atoms with van der Waals surface area (Å²) in [6, 6.07) is 0. The van der Waals surface area contributed by atoms with E-state index < -0.39 is 0 Å². The highest BCUT2D eigenvalue weighted by atomic mass is 16.2. The summed E-state index contributed by atoms with van der Waals surface area (Å²) in [7, 11) is 0. The van der Waals surface area contributed by atoms with E-state index in [-0.39, 0.29) is 11.6 Å².